The molecule has 1 aliphatic carbocycles. The van der Waals surface area contributed by atoms with Crippen molar-refractivity contribution in [1.82, 2.24) is 10.3 Å². The fraction of sp³-hybridized carbons (Fsp3) is 0.786. The lowest BCUT2D eigenvalue weighted by molar-refractivity contribution is 0.475. The Morgan fingerprint density at radius 1 is 1.47 bits per heavy atom. The normalized spacial score (nSPS) is 17.6. The van der Waals surface area contributed by atoms with Crippen LogP contribution in [0.1, 0.15) is 75.5 Å². The number of nitrogens with zero attached hydrogens (tertiary/aromatic N) is 1. The van der Waals surface area contributed by atoms with Gasteiger partial charge in [0.05, 0.1) is 11.7 Å². The molecular formula is C14H24N2S. The fourth-order valence-corrected chi connectivity index (χ4v) is 3.02. The van der Waals surface area contributed by atoms with Crippen LogP contribution in [0.3, 0.4) is 0 Å². The summed E-state index contributed by atoms with van der Waals surface area (Å²) in [6.07, 6.45) is 6.50. The minimum atomic E-state index is 0.500. The van der Waals surface area contributed by atoms with Gasteiger partial charge in [0.1, 0.15) is 5.01 Å². The monoisotopic (exact) mass is 252 g/mol. The first kappa shape index (κ1) is 13.0. The van der Waals surface area contributed by atoms with E-state index in [-0.39, 0.29) is 0 Å². The van der Waals surface area contributed by atoms with Crippen LogP contribution in [0.2, 0.25) is 0 Å². The van der Waals surface area contributed by atoms with Crippen LogP contribution in [0.15, 0.2) is 5.38 Å². The number of unbranched alkanes of at least 4 members (excludes halogenated alkanes) is 1. The SMILES string of the molecule is CCCCC(NC1CC1)c1nc(C(C)C)cs1. The van der Waals surface area contributed by atoms with E-state index in [1.54, 1.807) is 0 Å². The number of nitrogens with one attached hydrogen (secondary N) is 1. The van der Waals surface area contributed by atoms with Gasteiger partial charge in [-0.3, -0.25) is 0 Å². The van der Waals surface area contributed by atoms with Gasteiger partial charge in [-0.05, 0) is 25.2 Å². The van der Waals surface area contributed by atoms with Crippen LogP contribution < -0.4 is 5.32 Å². The lowest BCUT2D eigenvalue weighted by Crippen LogP contribution is -2.23. The third-order valence-electron chi connectivity index (χ3n) is 3.29. The second kappa shape index (κ2) is 5.96. The van der Waals surface area contributed by atoms with Gasteiger partial charge in [0, 0.05) is 11.4 Å². The zero-order chi connectivity index (χ0) is 12.3. The highest BCUT2D eigenvalue weighted by Crippen LogP contribution is 2.30. The van der Waals surface area contributed by atoms with Gasteiger partial charge in [-0.25, -0.2) is 4.98 Å². The first-order valence-corrected chi connectivity index (χ1v) is 7.80. The third-order valence-corrected chi connectivity index (χ3v) is 4.27. The molecule has 1 atom stereocenters. The predicted octanol–water partition coefficient (Wildman–Crippen LogP) is 4.25. The molecule has 1 aromatic rings. The summed E-state index contributed by atoms with van der Waals surface area (Å²) < 4.78 is 0. The van der Waals surface area contributed by atoms with Crippen LogP contribution in [0.4, 0.5) is 0 Å². The summed E-state index contributed by atoms with van der Waals surface area (Å²) in [5, 5.41) is 7.27. The average molecular weight is 252 g/mol. The maximum Gasteiger partial charge on any atom is 0.110 e. The molecule has 3 heteroatoms. The molecule has 1 fully saturated rings. The van der Waals surface area contributed by atoms with E-state index in [9.17, 15) is 0 Å². The summed E-state index contributed by atoms with van der Waals surface area (Å²) in [6.45, 7) is 6.69. The Hall–Kier alpha value is -0.410. The molecule has 0 spiro atoms. The minimum Gasteiger partial charge on any atom is -0.305 e. The molecule has 0 aliphatic heterocycles. The molecule has 2 rings (SSSR count). The molecular weight excluding hydrogens is 228 g/mol. The van der Waals surface area contributed by atoms with Gasteiger partial charge >= 0.3 is 0 Å². The maximum absolute atomic E-state index is 4.80. The van der Waals surface area contributed by atoms with Crippen LogP contribution in [0, 0.1) is 0 Å². The van der Waals surface area contributed by atoms with E-state index in [1.807, 2.05) is 11.3 Å². The van der Waals surface area contributed by atoms with Crippen LogP contribution in [-0.4, -0.2) is 11.0 Å². The number of rotatable bonds is 7. The summed E-state index contributed by atoms with van der Waals surface area (Å²) in [5.74, 6) is 0.549. The molecule has 1 aromatic heterocycles. The summed E-state index contributed by atoms with van der Waals surface area (Å²) >= 11 is 1.83. The van der Waals surface area contributed by atoms with Crippen molar-refractivity contribution >= 4 is 11.3 Å². The summed E-state index contributed by atoms with van der Waals surface area (Å²) in [6, 6.07) is 1.27. The smallest absolute Gasteiger partial charge is 0.110 e. The Morgan fingerprint density at radius 2 is 2.24 bits per heavy atom. The largest absolute Gasteiger partial charge is 0.305 e. The van der Waals surface area contributed by atoms with E-state index >= 15 is 0 Å². The molecule has 1 N–H and O–H groups in total. The quantitative estimate of drug-likeness (QED) is 0.784. The Bertz CT molecular complexity index is 342. The topological polar surface area (TPSA) is 24.9 Å². The van der Waals surface area contributed by atoms with Crippen molar-refractivity contribution in [3.63, 3.8) is 0 Å². The number of hydrogen-bond acceptors (Lipinski definition) is 3. The molecule has 0 bridgehead atoms. The van der Waals surface area contributed by atoms with Crippen molar-refractivity contribution < 1.29 is 0 Å². The van der Waals surface area contributed by atoms with Crippen LogP contribution in [-0.2, 0) is 0 Å². The molecule has 2 nitrogen and oxygen atoms in total. The van der Waals surface area contributed by atoms with Crippen molar-refractivity contribution in [2.24, 2.45) is 0 Å². The molecule has 0 aromatic carbocycles. The molecule has 1 saturated carbocycles. The molecule has 0 radical (unpaired) electrons. The van der Waals surface area contributed by atoms with E-state index in [1.165, 1.54) is 42.8 Å². The molecule has 96 valence electrons. The van der Waals surface area contributed by atoms with E-state index in [4.69, 9.17) is 4.98 Å². The highest BCUT2D eigenvalue weighted by atomic mass is 32.1. The summed E-state index contributed by atoms with van der Waals surface area (Å²) in [4.78, 5) is 4.80. The highest BCUT2D eigenvalue weighted by Gasteiger charge is 2.26. The zero-order valence-corrected chi connectivity index (χ0v) is 12.0. The van der Waals surface area contributed by atoms with Crippen LogP contribution in [0.25, 0.3) is 0 Å². The van der Waals surface area contributed by atoms with Gasteiger partial charge in [-0.1, -0.05) is 33.6 Å². The maximum atomic E-state index is 4.80. The standard InChI is InChI=1S/C14H24N2S/c1-4-5-6-12(15-11-7-8-11)14-16-13(9-17-14)10(2)3/h9-12,15H,4-8H2,1-3H3. The van der Waals surface area contributed by atoms with Gasteiger partial charge in [0.2, 0.25) is 0 Å². The highest BCUT2D eigenvalue weighted by molar-refractivity contribution is 7.09. The molecule has 0 amide bonds. The van der Waals surface area contributed by atoms with Gasteiger partial charge in [0.25, 0.3) is 0 Å². The summed E-state index contributed by atoms with van der Waals surface area (Å²) in [5.41, 5.74) is 1.25. The van der Waals surface area contributed by atoms with E-state index in [0.717, 1.165) is 6.04 Å². The second-order valence-electron chi connectivity index (χ2n) is 5.40. The van der Waals surface area contributed by atoms with Crippen molar-refractivity contribution in [2.45, 2.75) is 70.9 Å². The summed E-state index contributed by atoms with van der Waals surface area (Å²) in [7, 11) is 0. The third kappa shape index (κ3) is 3.78. The molecule has 1 aliphatic rings. The molecule has 0 saturated heterocycles. The van der Waals surface area contributed by atoms with Crippen LogP contribution >= 0.6 is 11.3 Å². The number of thiazole rings is 1. The van der Waals surface area contributed by atoms with Gasteiger partial charge in [-0.2, -0.15) is 0 Å². The van der Waals surface area contributed by atoms with Gasteiger partial charge < -0.3 is 5.32 Å². The van der Waals surface area contributed by atoms with Crippen molar-refractivity contribution in [1.29, 1.82) is 0 Å². The van der Waals surface area contributed by atoms with Crippen LogP contribution in [0.5, 0.6) is 0 Å². The zero-order valence-electron chi connectivity index (χ0n) is 11.2. The fourth-order valence-electron chi connectivity index (χ4n) is 1.95. The minimum absolute atomic E-state index is 0.500. The van der Waals surface area contributed by atoms with Crippen molar-refractivity contribution in [2.75, 3.05) is 0 Å². The number of aromatic nitrogens is 1. The average Bonchev–Trinajstić information content (AvgIpc) is 2.97. The first-order valence-electron chi connectivity index (χ1n) is 6.92. The second-order valence-corrected chi connectivity index (χ2v) is 6.29. The molecule has 1 unspecified atom stereocenters. The number of hydrogen-bond donors (Lipinski definition) is 1. The first-order chi connectivity index (χ1) is 8.20. The Kier molecular flexibility index (Phi) is 4.57. The lowest BCUT2D eigenvalue weighted by Gasteiger charge is -2.15. The Morgan fingerprint density at radius 3 is 2.76 bits per heavy atom. The van der Waals surface area contributed by atoms with E-state index in [2.05, 4.69) is 31.5 Å². The molecule has 17 heavy (non-hydrogen) atoms. The van der Waals surface area contributed by atoms with Crippen molar-refractivity contribution in [3.05, 3.63) is 16.1 Å². The Balaban J connectivity index is 2.00. The molecule has 1 heterocycles. The lowest BCUT2D eigenvalue weighted by atomic mass is 10.1. The predicted molar refractivity (Wildman–Crippen MR) is 74.6 cm³/mol. The van der Waals surface area contributed by atoms with Gasteiger partial charge in [0.15, 0.2) is 0 Å². The Labute approximate surface area is 109 Å². The van der Waals surface area contributed by atoms with E-state index in [0.29, 0.717) is 12.0 Å². The van der Waals surface area contributed by atoms with Crippen molar-refractivity contribution in [3.8, 4) is 0 Å². The van der Waals surface area contributed by atoms with Gasteiger partial charge in [-0.15, -0.1) is 11.3 Å². The van der Waals surface area contributed by atoms with E-state index < -0.39 is 0 Å².